The van der Waals surface area contributed by atoms with E-state index in [0.29, 0.717) is 19.4 Å². The number of sulfonamides is 1. The Bertz CT molecular complexity index is 1520. The van der Waals surface area contributed by atoms with E-state index in [9.17, 15) is 31.5 Å². The quantitative estimate of drug-likeness (QED) is 0.425. The van der Waals surface area contributed by atoms with Crippen molar-refractivity contribution in [3.05, 3.63) is 89.0 Å². The molecule has 6 nitrogen and oxygen atoms in total. The van der Waals surface area contributed by atoms with Crippen LogP contribution in [-0.2, 0) is 21.0 Å². The summed E-state index contributed by atoms with van der Waals surface area (Å²) in [4.78, 5) is 13.3. The van der Waals surface area contributed by atoms with E-state index in [2.05, 4.69) is 0 Å². The van der Waals surface area contributed by atoms with Crippen molar-refractivity contribution < 1.29 is 31.5 Å². The molecule has 212 valence electrons. The van der Waals surface area contributed by atoms with Gasteiger partial charge in [0.05, 0.1) is 10.5 Å². The standard InChI is InChI=1S/C30H31F3N2O4S/c1-19-8-7-9-23(20(19)2)21-12-14-22(15-13-21)27-25-18-34(16-5-6-17-35(25)28(27)29(36)37)40(38,39)26-11-4-3-10-24(26)30(31,32)33/h3-4,7-15,25,27-28H,5-6,16-18H2,1-2H3,(H,36,37)/t25-,27-,28-/m0/s1. The van der Waals surface area contributed by atoms with E-state index in [0.717, 1.165) is 44.3 Å². The smallest absolute Gasteiger partial charge is 0.417 e. The molecule has 2 saturated heterocycles. The van der Waals surface area contributed by atoms with Crippen LogP contribution in [0.25, 0.3) is 11.1 Å². The van der Waals surface area contributed by atoms with Gasteiger partial charge in [0.25, 0.3) is 0 Å². The molecule has 3 atom stereocenters. The van der Waals surface area contributed by atoms with Gasteiger partial charge in [-0.1, -0.05) is 54.6 Å². The molecule has 10 heteroatoms. The molecule has 0 unspecified atom stereocenters. The Hall–Kier alpha value is -3.21. The van der Waals surface area contributed by atoms with E-state index in [1.165, 1.54) is 12.1 Å². The number of halogens is 3. The van der Waals surface area contributed by atoms with E-state index >= 15 is 0 Å². The molecule has 0 aliphatic carbocycles. The average molecular weight is 573 g/mol. The molecule has 3 aromatic carbocycles. The predicted molar refractivity (Wildman–Crippen MR) is 145 cm³/mol. The van der Waals surface area contributed by atoms with E-state index < -0.39 is 50.6 Å². The van der Waals surface area contributed by atoms with Gasteiger partial charge in [0, 0.05) is 25.0 Å². The normalized spacial score (nSPS) is 22.6. The van der Waals surface area contributed by atoms with Gasteiger partial charge in [-0.3, -0.25) is 9.69 Å². The topological polar surface area (TPSA) is 77.9 Å². The zero-order valence-electron chi connectivity index (χ0n) is 22.2. The second kappa shape index (κ2) is 10.6. The van der Waals surface area contributed by atoms with Gasteiger partial charge >= 0.3 is 12.1 Å². The van der Waals surface area contributed by atoms with E-state index in [1.807, 2.05) is 56.3 Å². The van der Waals surface area contributed by atoms with Gasteiger partial charge in [-0.2, -0.15) is 17.5 Å². The molecule has 0 spiro atoms. The van der Waals surface area contributed by atoms with Crippen molar-refractivity contribution in [2.75, 3.05) is 19.6 Å². The molecular formula is C30H31F3N2O4S. The number of fused-ring (bicyclic) bond motifs is 1. The Labute approximate surface area is 232 Å². The monoisotopic (exact) mass is 572 g/mol. The number of hydrogen-bond donors (Lipinski definition) is 1. The number of carboxylic acids is 1. The van der Waals surface area contributed by atoms with Crippen LogP contribution in [0.3, 0.4) is 0 Å². The molecule has 2 aliphatic heterocycles. The van der Waals surface area contributed by atoms with Crippen molar-refractivity contribution in [1.29, 1.82) is 0 Å². The van der Waals surface area contributed by atoms with Crippen molar-refractivity contribution in [3.63, 3.8) is 0 Å². The molecule has 5 rings (SSSR count). The van der Waals surface area contributed by atoms with Crippen LogP contribution in [0.1, 0.15) is 41.0 Å². The molecule has 0 radical (unpaired) electrons. The number of carbonyl (C=O) groups is 1. The van der Waals surface area contributed by atoms with Crippen LogP contribution in [0.2, 0.25) is 0 Å². The molecule has 3 aromatic rings. The lowest BCUT2D eigenvalue weighted by atomic mass is 9.74. The number of nitrogens with zero attached hydrogens (tertiary/aromatic N) is 2. The number of rotatable bonds is 5. The summed E-state index contributed by atoms with van der Waals surface area (Å²) in [7, 11) is -4.49. The number of aliphatic carboxylic acids is 1. The molecule has 0 bridgehead atoms. The highest BCUT2D eigenvalue weighted by molar-refractivity contribution is 7.89. The SMILES string of the molecule is Cc1cccc(-c2ccc([C@@H]3[C@@H](C(=O)O)N4CCCCN(S(=O)(=O)c5ccccc5C(F)(F)F)C[C@@H]34)cc2)c1C. The lowest BCUT2D eigenvalue weighted by Crippen LogP contribution is -2.69. The molecule has 0 amide bonds. The highest BCUT2D eigenvalue weighted by atomic mass is 32.2. The van der Waals surface area contributed by atoms with Gasteiger partial charge in [0.2, 0.25) is 10.0 Å². The van der Waals surface area contributed by atoms with Crippen LogP contribution in [0.15, 0.2) is 71.6 Å². The molecule has 2 aliphatic rings. The van der Waals surface area contributed by atoms with Gasteiger partial charge in [-0.05, 0) is 73.2 Å². The summed E-state index contributed by atoms with van der Waals surface area (Å²) in [5, 5.41) is 10.1. The number of aryl methyl sites for hydroxylation is 1. The predicted octanol–water partition coefficient (Wildman–Crippen LogP) is 5.69. The summed E-state index contributed by atoms with van der Waals surface area (Å²) in [6.45, 7) is 4.53. The van der Waals surface area contributed by atoms with E-state index in [1.54, 1.807) is 4.90 Å². The minimum Gasteiger partial charge on any atom is -0.480 e. The van der Waals surface area contributed by atoms with Crippen LogP contribution in [0.5, 0.6) is 0 Å². The zero-order valence-corrected chi connectivity index (χ0v) is 23.0. The number of hydrogen-bond acceptors (Lipinski definition) is 4. The van der Waals surface area contributed by atoms with Gasteiger partial charge in [0.15, 0.2) is 0 Å². The molecular weight excluding hydrogens is 541 g/mol. The van der Waals surface area contributed by atoms with Crippen LogP contribution >= 0.6 is 0 Å². The van der Waals surface area contributed by atoms with E-state index in [-0.39, 0.29) is 13.1 Å². The van der Waals surface area contributed by atoms with E-state index in [4.69, 9.17) is 0 Å². The summed E-state index contributed by atoms with van der Waals surface area (Å²) in [6.07, 6.45) is -3.88. The summed E-state index contributed by atoms with van der Waals surface area (Å²) in [5.41, 5.74) is 3.92. The lowest BCUT2D eigenvalue weighted by molar-refractivity contribution is -0.156. The fraction of sp³-hybridized carbons (Fsp3) is 0.367. The number of carboxylic acid groups (broad SMARTS) is 1. The fourth-order valence-electron chi connectivity index (χ4n) is 6.07. The third kappa shape index (κ3) is 5.04. The van der Waals surface area contributed by atoms with Crippen LogP contribution in [0.4, 0.5) is 13.2 Å². The van der Waals surface area contributed by atoms with Gasteiger partial charge in [-0.15, -0.1) is 0 Å². The number of alkyl halides is 3. The summed E-state index contributed by atoms with van der Waals surface area (Å²) >= 11 is 0. The Morgan fingerprint density at radius 3 is 2.27 bits per heavy atom. The Morgan fingerprint density at radius 1 is 0.925 bits per heavy atom. The minimum absolute atomic E-state index is 0.0644. The summed E-state index contributed by atoms with van der Waals surface area (Å²) in [6, 6.07) is 16.6. The van der Waals surface area contributed by atoms with Crippen molar-refractivity contribution in [3.8, 4) is 11.1 Å². The first-order valence-electron chi connectivity index (χ1n) is 13.2. The lowest BCUT2D eigenvalue weighted by Gasteiger charge is -2.55. The Balaban J connectivity index is 1.49. The maximum absolute atomic E-state index is 13.7. The average Bonchev–Trinajstić information content (AvgIpc) is 2.89. The van der Waals surface area contributed by atoms with Crippen molar-refractivity contribution in [2.24, 2.45) is 0 Å². The Kier molecular flexibility index (Phi) is 7.54. The highest BCUT2D eigenvalue weighted by Crippen LogP contribution is 2.44. The van der Waals surface area contributed by atoms with Gasteiger partial charge in [-0.25, -0.2) is 8.42 Å². The first-order valence-corrected chi connectivity index (χ1v) is 14.7. The van der Waals surface area contributed by atoms with Crippen LogP contribution in [0, 0.1) is 13.8 Å². The fourth-order valence-corrected chi connectivity index (χ4v) is 7.77. The van der Waals surface area contributed by atoms with Crippen molar-refractivity contribution >= 4 is 16.0 Å². The summed E-state index contributed by atoms with van der Waals surface area (Å²) in [5.74, 6) is -1.52. The highest BCUT2D eigenvalue weighted by Gasteiger charge is 2.54. The maximum atomic E-state index is 13.7. The summed E-state index contributed by atoms with van der Waals surface area (Å²) < 4.78 is 69.4. The number of benzene rings is 3. The first kappa shape index (κ1) is 28.3. The third-order valence-corrected chi connectivity index (χ3v) is 10.2. The van der Waals surface area contributed by atoms with Gasteiger partial charge in [0.1, 0.15) is 6.04 Å². The largest absolute Gasteiger partial charge is 0.480 e. The van der Waals surface area contributed by atoms with Crippen molar-refractivity contribution in [1.82, 2.24) is 9.21 Å². The minimum atomic E-state index is -4.83. The second-order valence-corrected chi connectivity index (χ2v) is 12.5. The Morgan fingerprint density at radius 2 is 1.60 bits per heavy atom. The van der Waals surface area contributed by atoms with Gasteiger partial charge < -0.3 is 5.11 Å². The molecule has 1 N–H and O–H groups in total. The second-order valence-electron chi connectivity index (χ2n) is 10.5. The third-order valence-electron chi connectivity index (χ3n) is 8.28. The molecule has 40 heavy (non-hydrogen) atoms. The molecule has 2 fully saturated rings. The molecule has 0 saturated carbocycles. The first-order chi connectivity index (χ1) is 18.9. The zero-order chi connectivity index (χ0) is 28.8. The molecule has 2 heterocycles. The van der Waals surface area contributed by atoms with Crippen LogP contribution < -0.4 is 0 Å². The molecule has 0 aromatic heterocycles. The maximum Gasteiger partial charge on any atom is 0.417 e. The van der Waals surface area contributed by atoms with Crippen molar-refractivity contribution in [2.45, 2.75) is 55.8 Å². The van der Waals surface area contributed by atoms with Crippen LogP contribution in [-0.4, -0.2) is 60.4 Å².